The molecule has 1 heterocycles. The van der Waals surface area contributed by atoms with Crippen LogP contribution in [-0.2, 0) is 14.3 Å². The van der Waals surface area contributed by atoms with Gasteiger partial charge in [0.05, 0.1) is 0 Å². The van der Waals surface area contributed by atoms with Gasteiger partial charge in [0.1, 0.15) is 6.04 Å². The maximum Gasteiger partial charge on any atom is 0.303 e. The van der Waals surface area contributed by atoms with Crippen LogP contribution in [0.1, 0.15) is 18.5 Å². The number of amides is 1. The summed E-state index contributed by atoms with van der Waals surface area (Å²) in [4.78, 5) is 25.2. The van der Waals surface area contributed by atoms with E-state index in [0.717, 1.165) is 11.3 Å². The summed E-state index contributed by atoms with van der Waals surface area (Å²) in [5.74, 6) is -0.632. The molecule has 0 saturated carbocycles. The van der Waals surface area contributed by atoms with Crippen LogP contribution in [0.2, 0.25) is 0 Å². The Morgan fingerprint density at radius 2 is 1.57 bits per heavy atom. The Kier molecular flexibility index (Phi) is 3.44. The van der Waals surface area contributed by atoms with Gasteiger partial charge in [-0.2, -0.15) is 0 Å². The summed E-state index contributed by atoms with van der Waals surface area (Å²) < 4.78 is 5.19. The molecule has 0 spiro atoms. The molecule has 3 rings (SSSR count). The van der Waals surface area contributed by atoms with Gasteiger partial charge in [0, 0.05) is 12.6 Å². The molecule has 4 heteroatoms. The van der Waals surface area contributed by atoms with Crippen LogP contribution in [0.25, 0.3) is 0 Å². The van der Waals surface area contributed by atoms with Crippen molar-refractivity contribution in [3.05, 3.63) is 66.2 Å². The third-order valence-electron chi connectivity index (χ3n) is 3.51. The Hall–Kier alpha value is -2.62. The number of ether oxygens (including phenoxy) is 1. The van der Waals surface area contributed by atoms with E-state index < -0.39 is 12.1 Å². The van der Waals surface area contributed by atoms with Crippen LogP contribution in [0.4, 0.5) is 5.69 Å². The number of carbonyl (C=O) groups is 2. The lowest BCUT2D eigenvalue weighted by atomic mass is 9.89. The number of β-lactam (4-membered cyclic amide) rings is 1. The highest BCUT2D eigenvalue weighted by molar-refractivity contribution is 6.05. The average molecular weight is 281 g/mol. The van der Waals surface area contributed by atoms with Gasteiger partial charge in [0.25, 0.3) is 5.91 Å². The predicted octanol–water partition coefficient (Wildman–Crippen LogP) is 2.71. The SMILES string of the molecule is CC(=O)OC1C(=O)N(c2ccccc2)C1c1ccccc1. The maximum atomic E-state index is 12.3. The first kappa shape index (κ1) is 13.4. The first-order valence-corrected chi connectivity index (χ1v) is 6.79. The van der Waals surface area contributed by atoms with Crippen molar-refractivity contribution in [2.24, 2.45) is 0 Å². The maximum absolute atomic E-state index is 12.3. The lowest BCUT2D eigenvalue weighted by Crippen LogP contribution is -2.60. The molecule has 0 N–H and O–H groups in total. The first-order chi connectivity index (χ1) is 10.2. The average Bonchev–Trinajstić information content (AvgIpc) is 2.51. The fourth-order valence-corrected chi connectivity index (χ4v) is 2.61. The Bertz CT molecular complexity index is 654. The molecule has 2 aromatic rings. The molecule has 2 aromatic carbocycles. The second kappa shape index (κ2) is 5.40. The fourth-order valence-electron chi connectivity index (χ4n) is 2.61. The van der Waals surface area contributed by atoms with Crippen molar-refractivity contribution in [3.63, 3.8) is 0 Å². The summed E-state index contributed by atoms with van der Waals surface area (Å²) in [6.07, 6.45) is -0.745. The predicted molar refractivity (Wildman–Crippen MR) is 78.7 cm³/mol. The minimum absolute atomic E-state index is 0.190. The normalized spacial score (nSPS) is 20.8. The van der Waals surface area contributed by atoms with E-state index in [-0.39, 0.29) is 11.9 Å². The highest BCUT2D eigenvalue weighted by Crippen LogP contribution is 2.40. The molecule has 2 unspecified atom stereocenters. The number of carbonyl (C=O) groups excluding carboxylic acids is 2. The topological polar surface area (TPSA) is 46.6 Å². The second-order valence-electron chi connectivity index (χ2n) is 4.93. The van der Waals surface area contributed by atoms with Crippen molar-refractivity contribution in [1.29, 1.82) is 0 Å². The molecule has 1 saturated heterocycles. The molecular weight excluding hydrogens is 266 g/mol. The van der Waals surface area contributed by atoms with E-state index in [9.17, 15) is 9.59 Å². The van der Waals surface area contributed by atoms with E-state index in [1.807, 2.05) is 60.7 Å². The smallest absolute Gasteiger partial charge is 0.303 e. The summed E-state index contributed by atoms with van der Waals surface area (Å²) in [6, 6.07) is 18.7. The van der Waals surface area contributed by atoms with Gasteiger partial charge in [-0.3, -0.25) is 14.5 Å². The summed E-state index contributed by atoms with van der Waals surface area (Å²) in [5.41, 5.74) is 1.76. The Labute approximate surface area is 123 Å². The Morgan fingerprint density at radius 1 is 1.00 bits per heavy atom. The molecule has 0 bridgehead atoms. The van der Waals surface area contributed by atoms with E-state index in [0.29, 0.717) is 0 Å². The van der Waals surface area contributed by atoms with E-state index in [1.54, 1.807) is 4.90 Å². The van der Waals surface area contributed by atoms with Crippen LogP contribution in [0, 0.1) is 0 Å². The van der Waals surface area contributed by atoms with Crippen molar-refractivity contribution in [1.82, 2.24) is 0 Å². The molecule has 0 aromatic heterocycles. The van der Waals surface area contributed by atoms with Crippen molar-refractivity contribution in [3.8, 4) is 0 Å². The summed E-state index contributed by atoms with van der Waals surface area (Å²) >= 11 is 0. The van der Waals surface area contributed by atoms with Crippen molar-refractivity contribution < 1.29 is 14.3 Å². The highest BCUT2D eigenvalue weighted by atomic mass is 16.6. The Balaban J connectivity index is 1.96. The molecule has 1 amide bonds. The number of hydrogen-bond acceptors (Lipinski definition) is 3. The monoisotopic (exact) mass is 281 g/mol. The minimum Gasteiger partial charge on any atom is -0.450 e. The molecule has 1 fully saturated rings. The van der Waals surface area contributed by atoms with Crippen molar-refractivity contribution >= 4 is 17.6 Å². The third-order valence-corrected chi connectivity index (χ3v) is 3.51. The van der Waals surface area contributed by atoms with Crippen molar-refractivity contribution in [2.45, 2.75) is 19.1 Å². The summed E-state index contributed by atoms with van der Waals surface area (Å²) in [7, 11) is 0. The fraction of sp³-hybridized carbons (Fsp3) is 0.176. The van der Waals surface area contributed by atoms with Gasteiger partial charge in [-0.15, -0.1) is 0 Å². The molecule has 1 aliphatic rings. The van der Waals surface area contributed by atoms with Crippen LogP contribution in [-0.4, -0.2) is 18.0 Å². The number of nitrogens with zero attached hydrogens (tertiary/aromatic N) is 1. The zero-order chi connectivity index (χ0) is 14.8. The molecule has 106 valence electrons. The van der Waals surface area contributed by atoms with Crippen LogP contribution in [0.5, 0.6) is 0 Å². The zero-order valence-electron chi connectivity index (χ0n) is 11.6. The van der Waals surface area contributed by atoms with Crippen LogP contribution < -0.4 is 4.90 Å². The third kappa shape index (κ3) is 2.40. The molecule has 0 radical (unpaired) electrons. The van der Waals surface area contributed by atoms with Gasteiger partial charge in [0.2, 0.25) is 6.10 Å². The van der Waals surface area contributed by atoms with Gasteiger partial charge in [-0.05, 0) is 17.7 Å². The lowest BCUT2D eigenvalue weighted by Gasteiger charge is -2.46. The molecular formula is C17H15NO3. The number of anilines is 1. The quantitative estimate of drug-likeness (QED) is 0.642. The molecule has 4 nitrogen and oxygen atoms in total. The molecule has 1 aliphatic heterocycles. The van der Waals surface area contributed by atoms with E-state index in [1.165, 1.54) is 6.92 Å². The Morgan fingerprint density at radius 3 is 2.14 bits per heavy atom. The number of rotatable bonds is 3. The van der Waals surface area contributed by atoms with Gasteiger partial charge >= 0.3 is 5.97 Å². The van der Waals surface area contributed by atoms with E-state index in [4.69, 9.17) is 4.74 Å². The van der Waals surface area contributed by atoms with Crippen LogP contribution in [0.15, 0.2) is 60.7 Å². The zero-order valence-corrected chi connectivity index (χ0v) is 11.6. The number of hydrogen-bond donors (Lipinski definition) is 0. The standard InChI is InChI=1S/C17H15NO3/c1-12(19)21-16-15(13-8-4-2-5-9-13)18(17(16)20)14-10-6-3-7-11-14/h2-11,15-16H,1H3. The molecule has 0 aliphatic carbocycles. The van der Waals surface area contributed by atoms with Gasteiger partial charge in [-0.1, -0.05) is 48.5 Å². The highest BCUT2D eigenvalue weighted by Gasteiger charge is 2.51. The number of benzene rings is 2. The minimum atomic E-state index is -0.745. The molecule has 21 heavy (non-hydrogen) atoms. The number of para-hydroxylation sites is 1. The second-order valence-corrected chi connectivity index (χ2v) is 4.93. The lowest BCUT2D eigenvalue weighted by molar-refractivity contribution is -0.160. The largest absolute Gasteiger partial charge is 0.450 e. The summed E-state index contributed by atoms with van der Waals surface area (Å²) in [5, 5.41) is 0. The van der Waals surface area contributed by atoms with Crippen LogP contribution >= 0.6 is 0 Å². The first-order valence-electron chi connectivity index (χ1n) is 6.79. The van der Waals surface area contributed by atoms with Crippen LogP contribution in [0.3, 0.4) is 0 Å². The van der Waals surface area contributed by atoms with Crippen molar-refractivity contribution in [2.75, 3.05) is 4.90 Å². The molecule has 2 atom stereocenters. The van der Waals surface area contributed by atoms with Gasteiger partial charge in [-0.25, -0.2) is 0 Å². The van der Waals surface area contributed by atoms with E-state index in [2.05, 4.69) is 0 Å². The van der Waals surface area contributed by atoms with E-state index >= 15 is 0 Å². The van der Waals surface area contributed by atoms with Gasteiger partial charge in [0.15, 0.2) is 0 Å². The number of esters is 1. The van der Waals surface area contributed by atoms with Gasteiger partial charge < -0.3 is 4.74 Å². The summed E-state index contributed by atoms with van der Waals surface area (Å²) in [6.45, 7) is 1.32.